The summed E-state index contributed by atoms with van der Waals surface area (Å²) in [5.41, 5.74) is 1.65. The number of carbonyl (C=O) groups excluding carboxylic acids is 1. The Bertz CT molecular complexity index is 1150. The van der Waals surface area contributed by atoms with Crippen LogP contribution in [0.4, 0.5) is 0 Å². The molecule has 3 rings (SSSR count). The van der Waals surface area contributed by atoms with Crippen molar-refractivity contribution >= 4 is 27.5 Å². The van der Waals surface area contributed by atoms with Crippen LogP contribution in [0.2, 0.25) is 5.02 Å². The van der Waals surface area contributed by atoms with E-state index < -0.39 is 15.9 Å². The van der Waals surface area contributed by atoms with E-state index in [-0.39, 0.29) is 24.0 Å². The Morgan fingerprint density at radius 2 is 1.64 bits per heavy atom. The van der Waals surface area contributed by atoms with E-state index in [1.807, 2.05) is 56.3 Å². The topological polar surface area (TPSA) is 75.7 Å². The first-order chi connectivity index (χ1) is 15.8. The molecule has 0 aliphatic carbocycles. The maximum absolute atomic E-state index is 13.4. The molecule has 0 aliphatic rings. The lowest BCUT2D eigenvalue weighted by Crippen LogP contribution is -2.41. The molecule has 174 valence electrons. The maximum Gasteiger partial charge on any atom is 0.243 e. The summed E-state index contributed by atoms with van der Waals surface area (Å²) in [7, 11) is -3.93. The van der Waals surface area contributed by atoms with Crippen LogP contribution in [0.5, 0.6) is 5.75 Å². The van der Waals surface area contributed by atoms with Gasteiger partial charge in [0.05, 0.1) is 24.1 Å². The van der Waals surface area contributed by atoms with Gasteiger partial charge >= 0.3 is 0 Å². The molecule has 0 aromatic heterocycles. The molecule has 1 amide bonds. The van der Waals surface area contributed by atoms with Crippen LogP contribution in [0.1, 0.15) is 31.0 Å². The third-order valence-corrected chi connectivity index (χ3v) is 7.10. The Morgan fingerprint density at radius 3 is 2.24 bits per heavy atom. The van der Waals surface area contributed by atoms with Gasteiger partial charge in [-0.1, -0.05) is 54.1 Å². The van der Waals surface area contributed by atoms with Gasteiger partial charge in [-0.3, -0.25) is 4.79 Å². The second-order valence-corrected chi connectivity index (χ2v) is 9.88. The third-order valence-electron chi connectivity index (χ3n) is 5.04. The molecule has 0 aliphatic heterocycles. The number of nitrogens with zero attached hydrogens (tertiary/aromatic N) is 1. The van der Waals surface area contributed by atoms with Crippen molar-refractivity contribution < 1.29 is 17.9 Å². The molecule has 0 unspecified atom stereocenters. The van der Waals surface area contributed by atoms with Crippen molar-refractivity contribution in [3.05, 3.63) is 95.0 Å². The summed E-state index contributed by atoms with van der Waals surface area (Å²) in [6, 6.07) is 22.2. The highest BCUT2D eigenvalue weighted by molar-refractivity contribution is 7.89. The van der Waals surface area contributed by atoms with E-state index in [2.05, 4.69) is 5.32 Å². The standard InChI is InChI=1S/C25H27ClN2O4S/c1-3-32-23-13-15-24(16-14-23)33(30,31)28(17-20-7-5-4-6-8-20)18-25(29)27-19(2)21-9-11-22(26)12-10-21/h4-16,19H,3,17-18H2,1-2H3,(H,27,29)/t19-/m0/s1. The lowest BCUT2D eigenvalue weighted by molar-refractivity contribution is -0.122. The fourth-order valence-corrected chi connectivity index (χ4v) is 4.83. The van der Waals surface area contributed by atoms with Crippen LogP contribution in [0.25, 0.3) is 0 Å². The molecule has 1 N–H and O–H groups in total. The van der Waals surface area contributed by atoms with Gasteiger partial charge in [0.1, 0.15) is 5.75 Å². The fourth-order valence-electron chi connectivity index (χ4n) is 3.32. The molecule has 0 spiro atoms. The summed E-state index contributed by atoms with van der Waals surface area (Å²) in [6.07, 6.45) is 0. The Kier molecular flexibility index (Phi) is 8.49. The highest BCUT2D eigenvalue weighted by Crippen LogP contribution is 2.22. The SMILES string of the molecule is CCOc1ccc(S(=O)(=O)N(CC(=O)N[C@@H](C)c2ccc(Cl)cc2)Cc2ccccc2)cc1. The molecule has 0 fully saturated rings. The van der Waals surface area contributed by atoms with Crippen molar-refractivity contribution in [3.63, 3.8) is 0 Å². The van der Waals surface area contributed by atoms with Gasteiger partial charge in [-0.05, 0) is 61.4 Å². The van der Waals surface area contributed by atoms with Gasteiger partial charge in [0, 0.05) is 11.6 Å². The number of carbonyl (C=O) groups is 1. The highest BCUT2D eigenvalue weighted by Gasteiger charge is 2.27. The zero-order valence-electron chi connectivity index (χ0n) is 18.6. The molecule has 0 heterocycles. The number of ether oxygens (including phenoxy) is 1. The van der Waals surface area contributed by atoms with Gasteiger partial charge < -0.3 is 10.1 Å². The molecule has 1 atom stereocenters. The molecule has 0 bridgehead atoms. The van der Waals surface area contributed by atoms with Crippen LogP contribution < -0.4 is 10.1 Å². The molecule has 0 radical (unpaired) electrons. The minimum absolute atomic E-state index is 0.0686. The smallest absolute Gasteiger partial charge is 0.243 e. The maximum atomic E-state index is 13.4. The summed E-state index contributed by atoms with van der Waals surface area (Å²) >= 11 is 5.94. The van der Waals surface area contributed by atoms with Gasteiger partial charge in [-0.2, -0.15) is 4.31 Å². The predicted octanol–water partition coefficient (Wildman–Crippen LogP) is 4.81. The minimum Gasteiger partial charge on any atom is -0.494 e. The molecule has 0 saturated carbocycles. The molecular weight excluding hydrogens is 460 g/mol. The number of halogens is 1. The first kappa shape index (κ1) is 24.8. The monoisotopic (exact) mass is 486 g/mol. The highest BCUT2D eigenvalue weighted by atomic mass is 35.5. The number of hydrogen-bond donors (Lipinski definition) is 1. The van der Waals surface area contributed by atoms with Gasteiger partial charge in [0.15, 0.2) is 0 Å². The van der Waals surface area contributed by atoms with E-state index in [1.54, 1.807) is 24.3 Å². The van der Waals surface area contributed by atoms with Crippen molar-refractivity contribution in [1.29, 1.82) is 0 Å². The Hall–Kier alpha value is -2.87. The van der Waals surface area contributed by atoms with Crippen LogP contribution in [0.15, 0.2) is 83.8 Å². The second kappa shape index (κ2) is 11.3. The molecule has 6 nitrogen and oxygen atoms in total. The van der Waals surface area contributed by atoms with Gasteiger partial charge in [0.2, 0.25) is 15.9 Å². The average molecular weight is 487 g/mol. The number of rotatable bonds is 10. The van der Waals surface area contributed by atoms with Crippen molar-refractivity contribution in [2.45, 2.75) is 31.3 Å². The Labute approximate surface area is 200 Å². The van der Waals surface area contributed by atoms with Crippen LogP contribution >= 0.6 is 11.6 Å². The van der Waals surface area contributed by atoms with E-state index in [0.717, 1.165) is 11.1 Å². The van der Waals surface area contributed by atoms with Crippen LogP contribution in [0.3, 0.4) is 0 Å². The lowest BCUT2D eigenvalue weighted by atomic mass is 10.1. The molecule has 33 heavy (non-hydrogen) atoms. The van der Waals surface area contributed by atoms with Crippen molar-refractivity contribution in [2.24, 2.45) is 0 Å². The van der Waals surface area contributed by atoms with Crippen molar-refractivity contribution in [3.8, 4) is 5.75 Å². The fraction of sp³-hybridized carbons (Fsp3) is 0.240. The van der Waals surface area contributed by atoms with E-state index >= 15 is 0 Å². The number of benzene rings is 3. The summed E-state index contributed by atoms with van der Waals surface area (Å²) in [5, 5.41) is 3.48. The molecule has 3 aromatic carbocycles. The largest absolute Gasteiger partial charge is 0.494 e. The number of sulfonamides is 1. The van der Waals surface area contributed by atoms with Crippen LogP contribution in [-0.4, -0.2) is 31.8 Å². The number of nitrogens with one attached hydrogen (secondary N) is 1. The minimum atomic E-state index is -3.93. The molecular formula is C25H27ClN2O4S. The molecule has 0 saturated heterocycles. The summed E-state index contributed by atoms with van der Waals surface area (Å²) < 4.78 is 33.4. The second-order valence-electron chi connectivity index (χ2n) is 7.50. The first-order valence-electron chi connectivity index (χ1n) is 10.6. The van der Waals surface area contributed by atoms with Gasteiger partial charge in [-0.15, -0.1) is 0 Å². The lowest BCUT2D eigenvalue weighted by Gasteiger charge is -2.23. The zero-order valence-corrected chi connectivity index (χ0v) is 20.1. The first-order valence-corrected chi connectivity index (χ1v) is 12.4. The molecule has 3 aromatic rings. The van der Waals surface area contributed by atoms with E-state index in [4.69, 9.17) is 16.3 Å². The summed E-state index contributed by atoms with van der Waals surface area (Å²) in [4.78, 5) is 12.9. The van der Waals surface area contributed by atoms with Crippen molar-refractivity contribution in [1.82, 2.24) is 9.62 Å². The Balaban J connectivity index is 1.81. The normalized spacial score (nSPS) is 12.4. The number of amides is 1. The van der Waals surface area contributed by atoms with Crippen LogP contribution in [0, 0.1) is 0 Å². The van der Waals surface area contributed by atoms with E-state index in [9.17, 15) is 13.2 Å². The van der Waals surface area contributed by atoms with Crippen LogP contribution in [-0.2, 0) is 21.4 Å². The third kappa shape index (κ3) is 6.81. The van der Waals surface area contributed by atoms with E-state index in [1.165, 1.54) is 16.4 Å². The molecule has 8 heteroatoms. The van der Waals surface area contributed by atoms with Gasteiger partial charge in [-0.25, -0.2) is 8.42 Å². The Morgan fingerprint density at radius 1 is 1.00 bits per heavy atom. The number of hydrogen-bond acceptors (Lipinski definition) is 4. The van der Waals surface area contributed by atoms with Crippen molar-refractivity contribution in [2.75, 3.05) is 13.2 Å². The predicted molar refractivity (Wildman–Crippen MR) is 130 cm³/mol. The zero-order chi connectivity index (χ0) is 23.8. The van der Waals surface area contributed by atoms with E-state index in [0.29, 0.717) is 17.4 Å². The van der Waals surface area contributed by atoms with Gasteiger partial charge in [0.25, 0.3) is 0 Å². The summed E-state index contributed by atoms with van der Waals surface area (Å²) in [6.45, 7) is 3.93. The average Bonchev–Trinajstić information content (AvgIpc) is 2.80. The summed E-state index contributed by atoms with van der Waals surface area (Å²) in [5.74, 6) is 0.184. The quantitative estimate of drug-likeness (QED) is 0.446.